The van der Waals surface area contributed by atoms with E-state index >= 15 is 0 Å². The molecular weight excluding hydrogens is 394 g/mol. The maximum Gasteiger partial charge on any atom is 0.181 e. The topological polar surface area (TPSA) is 76.1 Å². The molecule has 31 heavy (non-hydrogen) atoms. The summed E-state index contributed by atoms with van der Waals surface area (Å²) >= 11 is 0. The molecule has 1 fully saturated rings. The lowest BCUT2D eigenvalue weighted by Crippen LogP contribution is -2.50. The standard InChI is InChI=1S/C25H27NO5/c1-30-21-7-3-19(4-8-21)16-26-12-10-25(11-13-26)15-23(29)22-14-18(2-6-20(28)17-27)5-9-24(22)31-25/h2-9,14,27H,10-13,15-17H2,1H3/b6-2+. The first-order valence-corrected chi connectivity index (χ1v) is 10.5. The van der Waals surface area contributed by atoms with Crippen LogP contribution in [0.5, 0.6) is 11.5 Å². The van der Waals surface area contributed by atoms with Gasteiger partial charge < -0.3 is 14.6 Å². The van der Waals surface area contributed by atoms with Crippen molar-refractivity contribution in [2.24, 2.45) is 0 Å². The minimum Gasteiger partial charge on any atom is -0.497 e. The van der Waals surface area contributed by atoms with Crippen LogP contribution >= 0.6 is 0 Å². The first-order chi connectivity index (χ1) is 15.0. The maximum absolute atomic E-state index is 12.9. The Kier molecular flexibility index (Phi) is 6.20. The Morgan fingerprint density at radius 3 is 2.61 bits per heavy atom. The van der Waals surface area contributed by atoms with E-state index < -0.39 is 12.2 Å². The van der Waals surface area contributed by atoms with Crippen LogP contribution in [0.15, 0.2) is 48.5 Å². The highest BCUT2D eigenvalue weighted by Crippen LogP contribution is 2.40. The van der Waals surface area contributed by atoms with Crippen molar-refractivity contribution in [2.45, 2.75) is 31.4 Å². The molecule has 2 aromatic rings. The van der Waals surface area contributed by atoms with Crippen molar-refractivity contribution in [3.8, 4) is 11.5 Å². The summed E-state index contributed by atoms with van der Waals surface area (Å²) in [5, 5.41) is 8.83. The van der Waals surface area contributed by atoms with Crippen LogP contribution in [0.25, 0.3) is 6.08 Å². The molecule has 0 atom stereocenters. The summed E-state index contributed by atoms with van der Waals surface area (Å²) in [6, 6.07) is 13.5. The van der Waals surface area contributed by atoms with Crippen LogP contribution in [-0.2, 0) is 11.3 Å². The molecule has 162 valence electrons. The summed E-state index contributed by atoms with van der Waals surface area (Å²) in [4.78, 5) is 26.6. The molecular formula is C25H27NO5. The van der Waals surface area contributed by atoms with E-state index in [9.17, 15) is 9.59 Å². The number of ether oxygens (including phenoxy) is 2. The summed E-state index contributed by atoms with van der Waals surface area (Å²) < 4.78 is 11.6. The first kappa shape index (κ1) is 21.3. The summed E-state index contributed by atoms with van der Waals surface area (Å²) in [7, 11) is 1.67. The van der Waals surface area contributed by atoms with Crippen molar-refractivity contribution >= 4 is 17.6 Å². The number of Topliss-reactive ketones (excluding diaryl/α,β-unsaturated/α-hetero) is 1. The third-order valence-electron chi connectivity index (χ3n) is 6.06. The molecule has 0 bridgehead atoms. The van der Waals surface area contributed by atoms with Gasteiger partial charge in [-0.05, 0) is 41.5 Å². The number of hydrogen-bond acceptors (Lipinski definition) is 6. The molecule has 0 radical (unpaired) electrons. The van der Waals surface area contributed by atoms with E-state index in [1.54, 1.807) is 25.3 Å². The zero-order valence-corrected chi connectivity index (χ0v) is 17.7. The largest absolute Gasteiger partial charge is 0.497 e. The average Bonchev–Trinajstić information content (AvgIpc) is 2.80. The second-order valence-corrected chi connectivity index (χ2v) is 8.22. The van der Waals surface area contributed by atoms with E-state index in [1.165, 1.54) is 11.6 Å². The quantitative estimate of drug-likeness (QED) is 0.722. The van der Waals surface area contributed by atoms with Gasteiger partial charge in [-0.3, -0.25) is 14.5 Å². The lowest BCUT2D eigenvalue weighted by Gasteiger charge is -2.44. The number of ketones is 2. The second kappa shape index (κ2) is 9.04. The Labute approximate surface area is 182 Å². The van der Waals surface area contributed by atoms with Crippen LogP contribution in [0, 0.1) is 0 Å². The van der Waals surface area contributed by atoms with Gasteiger partial charge in [0.25, 0.3) is 0 Å². The van der Waals surface area contributed by atoms with E-state index in [1.807, 2.05) is 18.2 Å². The Morgan fingerprint density at radius 2 is 1.94 bits per heavy atom. The van der Waals surface area contributed by atoms with E-state index in [0.717, 1.165) is 43.8 Å². The zero-order valence-electron chi connectivity index (χ0n) is 17.7. The van der Waals surface area contributed by atoms with Crippen molar-refractivity contribution in [3.63, 3.8) is 0 Å². The molecule has 4 rings (SSSR count). The minimum absolute atomic E-state index is 0.0774. The van der Waals surface area contributed by atoms with Crippen molar-refractivity contribution in [3.05, 3.63) is 65.2 Å². The molecule has 0 unspecified atom stereocenters. The normalized spacial score (nSPS) is 18.1. The van der Waals surface area contributed by atoms with Crippen molar-refractivity contribution < 1.29 is 24.2 Å². The number of benzene rings is 2. The van der Waals surface area contributed by atoms with E-state index in [-0.39, 0.29) is 11.6 Å². The van der Waals surface area contributed by atoms with Crippen LogP contribution in [0.2, 0.25) is 0 Å². The number of carbonyl (C=O) groups is 2. The SMILES string of the molecule is COc1ccc(CN2CCC3(CC2)CC(=O)c2cc(/C=C/C(=O)CO)ccc2O3)cc1. The number of aliphatic hydroxyl groups excluding tert-OH is 1. The van der Waals surface area contributed by atoms with Crippen LogP contribution in [-0.4, -0.2) is 54.0 Å². The average molecular weight is 421 g/mol. The van der Waals surface area contributed by atoms with E-state index in [2.05, 4.69) is 17.0 Å². The third-order valence-corrected chi connectivity index (χ3v) is 6.06. The summed E-state index contributed by atoms with van der Waals surface area (Å²) in [5.41, 5.74) is 2.10. The molecule has 2 heterocycles. The lowest BCUT2D eigenvalue weighted by atomic mass is 9.82. The molecule has 1 spiro atoms. The van der Waals surface area contributed by atoms with E-state index in [4.69, 9.17) is 14.6 Å². The first-order valence-electron chi connectivity index (χ1n) is 10.5. The Morgan fingerprint density at radius 1 is 1.19 bits per heavy atom. The van der Waals surface area contributed by atoms with Gasteiger partial charge in [0, 0.05) is 32.5 Å². The third kappa shape index (κ3) is 4.86. The van der Waals surface area contributed by atoms with Gasteiger partial charge in [-0.2, -0.15) is 0 Å². The van der Waals surface area contributed by atoms with Crippen molar-refractivity contribution in [2.75, 3.05) is 26.8 Å². The number of hydrogen-bond donors (Lipinski definition) is 1. The molecule has 2 aliphatic heterocycles. The number of piperidine rings is 1. The summed E-state index contributed by atoms with van der Waals surface area (Å²) in [6.45, 7) is 2.09. The maximum atomic E-state index is 12.9. The van der Waals surface area contributed by atoms with Gasteiger partial charge in [0.05, 0.1) is 19.1 Å². The van der Waals surface area contributed by atoms with Gasteiger partial charge in [0.2, 0.25) is 0 Å². The molecule has 6 heteroatoms. The fraction of sp³-hybridized carbons (Fsp3) is 0.360. The Bertz CT molecular complexity index is 987. The highest BCUT2D eigenvalue weighted by Gasteiger charge is 2.42. The Hall–Kier alpha value is -2.96. The van der Waals surface area contributed by atoms with Crippen LogP contribution in [0.4, 0.5) is 0 Å². The van der Waals surface area contributed by atoms with Gasteiger partial charge >= 0.3 is 0 Å². The Balaban J connectivity index is 1.40. The molecule has 1 N–H and O–H groups in total. The van der Waals surface area contributed by atoms with E-state index in [0.29, 0.717) is 17.7 Å². The van der Waals surface area contributed by atoms with Gasteiger partial charge in [0.1, 0.15) is 23.7 Å². The van der Waals surface area contributed by atoms with Crippen LogP contribution in [0.1, 0.15) is 40.7 Å². The second-order valence-electron chi connectivity index (χ2n) is 8.22. The molecule has 0 saturated carbocycles. The predicted octanol–water partition coefficient (Wildman–Crippen LogP) is 3.27. The molecule has 1 saturated heterocycles. The van der Waals surface area contributed by atoms with Crippen molar-refractivity contribution in [1.29, 1.82) is 0 Å². The lowest BCUT2D eigenvalue weighted by molar-refractivity contribution is -0.117. The number of aliphatic hydroxyl groups is 1. The number of rotatable bonds is 6. The minimum atomic E-state index is -0.526. The summed E-state index contributed by atoms with van der Waals surface area (Å²) in [5.74, 6) is 1.17. The highest BCUT2D eigenvalue weighted by atomic mass is 16.5. The fourth-order valence-electron chi connectivity index (χ4n) is 4.24. The molecule has 2 aromatic carbocycles. The zero-order chi connectivity index (χ0) is 21.8. The fourth-order valence-corrected chi connectivity index (χ4v) is 4.24. The van der Waals surface area contributed by atoms with Crippen molar-refractivity contribution in [1.82, 2.24) is 4.90 Å². The highest BCUT2D eigenvalue weighted by molar-refractivity contribution is 6.01. The van der Waals surface area contributed by atoms with Gasteiger partial charge in [-0.15, -0.1) is 0 Å². The molecule has 0 aliphatic carbocycles. The van der Waals surface area contributed by atoms with Crippen LogP contribution in [0.3, 0.4) is 0 Å². The number of nitrogens with zero attached hydrogens (tertiary/aromatic N) is 1. The van der Waals surface area contributed by atoms with Gasteiger partial charge in [-0.25, -0.2) is 0 Å². The van der Waals surface area contributed by atoms with Crippen LogP contribution < -0.4 is 9.47 Å². The summed E-state index contributed by atoms with van der Waals surface area (Å²) in [6.07, 6.45) is 4.91. The van der Waals surface area contributed by atoms with Gasteiger partial charge in [-0.1, -0.05) is 24.3 Å². The monoisotopic (exact) mass is 421 g/mol. The number of likely N-dealkylation sites (tertiary alicyclic amines) is 1. The number of fused-ring (bicyclic) bond motifs is 1. The smallest absolute Gasteiger partial charge is 0.181 e. The number of methoxy groups -OCH3 is 1. The predicted molar refractivity (Wildman–Crippen MR) is 117 cm³/mol. The molecule has 6 nitrogen and oxygen atoms in total. The molecule has 0 amide bonds. The molecule has 2 aliphatic rings. The molecule has 0 aromatic heterocycles. The number of carbonyl (C=O) groups excluding carboxylic acids is 2. The van der Waals surface area contributed by atoms with Gasteiger partial charge in [0.15, 0.2) is 11.6 Å².